The number of esters is 1. The van der Waals surface area contributed by atoms with Crippen molar-refractivity contribution in [2.24, 2.45) is 0 Å². The normalized spacial score (nSPS) is 10.5. The summed E-state index contributed by atoms with van der Waals surface area (Å²) in [5, 5.41) is 0. The number of aromatic amines is 1. The van der Waals surface area contributed by atoms with Crippen LogP contribution in [0.15, 0.2) is 42.6 Å². The summed E-state index contributed by atoms with van der Waals surface area (Å²) in [4.78, 5) is 26.2. The number of ether oxygens (including phenoxy) is 3. The smallest absolute Gasteiger partial charge is 0.331 e. The van der Waals surface area contributed by atoms with Crippen LogP contribution in [0.5, 0.6) is 11.5 Å². The first-order valence-electron chi connectivity index (χ1n) is 6.88. The van der Waals surface area contributed by atoms with Gasteiger partial charge < -0.3 is 19.2 Å². The molecule has 0 aliphatic carbocycles. The summed E-state index contributed by atoms with van der Waals surface area (Å²) in [6, 6.07) is 8.62. The van der Waals surface area contributed by atoms with Gasteiger partial charge in [-0.05, 0) is 24.3 Å². The molecule has 0 aliphatic heterocycles. The quantitative estimate of drug-likeness (QED) is 0.482. The van der Waals surface area contributed by atoms with Gasteiger partial charge in [0.25, 0.3) is 0 Å². The van der Waals surface area contributed by atoms with Gasteiger partial charge in [0.1, 0.15) is 0 Å². The number of Topliss-reactive ketones (excluding diaryl/α,β-unsaturated/α-hetero) is 1. The van der Waals surface area contributed by atoms with Crippen molar-refractivity contribution >= 4 is 17.8 Å². The van der Waals surface area contributed by atoms with Crippen LogP contribution in [-0.4, -0.2) is 37.6 Å². The Morgan fingerprint density at radius 3 is 2.61 bits per heavy atom. The van der Waals surface area contributed by atoms with Crippen molar-refractivity contribution in [3.8, 4) is 11.5 Å². The van der Waals surface area contributed by atoms with Crippen molar-refractivity contribution in [1.29, 1.82) is 0 Å². The van der Waals surface area contributed by atoms with Crippen LogP contribution in [0.4, 0.5) is 0 Å². The molecule has 0 amide bonds. The molecule has 1 N–H and O–H groups in total. The second-order valence-corrected chi connectivity index (χ2v) is 4.53. The molecule has 6 heteroatoms. The topological polar surface area (TPSA) is 77.6 Å². The highest BCUT2D eigenvalue weighted by Crippen LogP contribution is 2.31. The Hall–Kier alpha value is -3.02. The number of methoxy groups -OCH3 is 2. The molecule has 1 aromatic carbocycles. The standard InChI is InChI=1S/C17H17NO5/c1-21-15-7-3-5-12(17(15)22-2)8-9-16(20)23-11-14(19)13-6-4-10-18-13/h3-10,18H,11H2,1-2H3/b9-8+. The van der Waals surface area contributed by atoms with Crippen LogP contribution in [0.25, 0.3) is 6.08 Å². The van der Waals surface area contributed by atoms with Crippen LogP contribution in [0.3, 0.4) is 0 Å². The predicted molar refractivity (Wildman–Crippen MR) is 84.7 cm³/mol. The zero-order valence-corrected chi connectivity index (χ0v) is 12.9. The molecule has 0 unspecified atom stereocenters. The van der Waals surface area contributed by atoms with Gasteiger partial charge in [0.15, 0.2) is 18.1 Å². The SMILES string of the molecule is COc1cccc(/C=C/C(=O)OCC(=O)c2ccc[nH]2)c1OC. The Bertz CT molecular complexity index is 704. The molecular formula is C17H17NO5. The summed E-state index contributed by atoms with van der Waals surface area (Å²) >= 11 is 0. The highest BCUT2D eigenvalue weighted by molar-refractivity contribution is 5.97. The fourth-order valence-corrected chi connectivity index (χ4v) is 1.97. The molecule has 0 aliphatic rings. The molecule has 0 fully saturated rings. The lowest BCUT2D eigenvalue weighted by molar-refractivity contribution is -0.136. The number of hydrogen-bond donors (Lipinski definition) is 1. The fourth-order valence-electron chi connectivity index (χ4n) is 1.97. The Morgan fingerprint density at radius 2 is 1.96 bits per heavy atom. The summed E-state index contributed by atoms with van der Waals surface area (Å²) in [7, 11) is 3.05. The second-order valence-electron chi connectivity index (χ2n) is 4.53. The molecule has 23 heavy (non-hydrogen) atoms. The maximum Gasteiger partial charge on any atom is 0.331 e. The minimum atomic E-state index is -0.616. The van der Waals surface area contributed by atoms with Crippen molar-refractivity contribution in [1.82, 2.24) is 4.98 Å². The molecule has 0 spiro atoms. The molecule has 2 aromatic rings. The summed E-state index contributed by atoms with van der Waals surface area (Å²) in [6.45, 7) is -0.321. The van der Waals surface area contributed by atoms with E-state index in [-0.39, 0.29) is 12.4 Å². The first-order chi connectivity index (χ1) is 11.2. The number of ketones is 1. The number of aromatic nitrogens is 1. The minimum Gasteiger partial charge on any atom is -0.493 e. The van der Waals surface area contributed by atoms with E-state index < -0.39 is 5.97 Å². The van der Waals surface area contributed by atoms with Gasteiger partial charge in [-0.25, -0.2) is 4.79 Å². The van der Waals surface area contributed by atoms with E-state index in [1.165, 1.54) is 20.3 Å². The first kappa shape index (κ1) is 16.4. The number of hydrogen-bond acceptors (Lipinski definition) is 5. The molecule has 2 rings (SSSR count). The summed E-state index contributed by atoms with van der Waals surface area (Å²) in [5.74, 6) is 0.164. The second kappa shape index (κ2) is 7.84. The third kappa shape index (κ3) is 4.23. The summed E-state index contributed by atoms with van der Waals surface area (Å²) < 4.78 is 15.4. The van der Waals surface area contributed by atoms with Crippen LogP contribution in [0, 0.1) is 0 Å². The molecule has 0 saturated carbocycles. The number of H-pyrrole nitrogens is 1. The molecule has 1 aromatic heterocycles. The van der Waals surface area contributed by atoms with Crippen LogP contribution >= 0.6 is 0 Å². The largest absolute Gasteiger partial charge is 0.493 e. The molecule has 120 valence electrons. The van der Waals surface area contributed by atoms with E-state index in [9.17, 15) is 9.59 Å². The van der Waals surface area contributed by atoms with Crippen molar-refractivity contribution in [3.05, 3.63) is 53.9 Å². The first-order valence-corrected chi connectivity index (χ1v) is 6.88. The number of rotatable bonds is 7. The van der Waals surface area contributed by atoms with E-state index in [0.717, 1.165) is 0 Å². The average molecular weight is 315 g/mol. The van der Waals surface area contributed by atoms with Gasteiger partial charge in [-0.15, -0.1) is 0 Å². The Kier molecular flexibility index (Phi) is 5.57. The van der Waals surface area contributed by atoms with E-state index in [2.05, 4.69) is 4.98 Å². The van der Waals surface area contributed by atoms with Gasteiger partial charge in [-0.3, -0.25) is 4.79 Å². The third-order valence-electron chi connectivity index (χ3n) is 3.08. The van der Waals surface area contributed by atoms with Gasteiger partial charge in [0.2, 0.25) is 5.78 Å². The van der Waals surface area contributed by atoms with Crippen molar-refractivity contribution in [2.75, 3.05) is 20.8 Å². The molecular weight excluding hydrogens is 298 g/mol. The van der Waals surface area contributed by atoms with Crippen LogP contribution in [0.2, 0.25) is 0 Å². The predicted octanol–water partition coefficient (Wildman–Crippen LogP) is 2.47. The van der Waals surface area contributed by atoms with E-state index >= 15 is 0 Å². The maximum atomic E-state index is 11.7. The van der Waals surface area contributed by atoms with Crippen molar-refractivity contribution in [2.45, 2.75) is 0 Å². The molecule has 6 nitrogen and oxygen atoms in total. The van der Waals surface area contributed by atoms with Gasteiger partial charge in [0, 0.05) is 17.8 Å². The molecule has 0 atom stereocenters. The summed E-state index contributed by atoms with van der Waals surface area (Å²) in [6.07, 6.45) is 4.41. The van der Waals surface area contributed by atoms with Gasteiger partial charge in [-0.2, -0.15) is 0 Å². The highest BCUT2D eigenvalue weighted by Gasteiger charge is 2.10. The number of benzene rings is 1. The van der Waals surface area contributed by atoms with E-state index in [0.29, 0.717) is 22.8 Å². The van der Waals surface area contributed by atoms with Gasteiger partial charge in [-0.1, -0.05) is 12.1 Å². The number of carbonyl (C=O) groups excluding carboxylic acids is 2. The Balaban J connectivity index is 1.97. The van der Waals surface area contributed by atoms with Crippen molar-refractivity contribution < 1.29 is 23.8 Å². The minimum absolute atomic E-state index is 0.296. The summed E-state index contributed by atoms with van der Waals surface area (Å²) in [5.41, 5.74) is 1.07. The lowest BCUT2D eigenvalue weighted by Crippen LogP contribution is -2.12. The van der Waals surface area contributed by atoms with E-state index in [4.69, 9.17) is 14.2 Å². The van der Waals surface area contributed by atoms with E-state index in [1.54, 1.807) is 42.6 Å². The molecule has 1 heterocycles. The number of para-hydroxylation sites is 1. The zero-order chi connectivity index (χ0) is 16.7. The van der Waals surface area contributed by atoms with Gasteiger partial charge >= 0.3 is 5.97 Å². The molecule has 0 bridgehead atoms. The van der Waals surface area contributed by atoms with E-state index in [1.807, 2.05) is 0 Å². The Labute approximate surface area is 133 Å². The Morgan fingerprint density at radius 1 is 1.13 bits per heavy atom. The van der Waals surface area contributed by atoms with Crippen LogP contribution in [-0.2, 0) is 9.53 Å². The lowest BCUT2D eigenvalue weighted by atomic mass is 10.1. The fraction of sp³-hybridized carbons (Fsp3) is 0.176. The van der Waals surface area contributed by atoms with Gasteiger partial charge in [0.05, 0.1) is 19.9 Å². The number of nitrogens with one attached hydrogen (secondary N) is 1. The van der Waals surface area contributed by atoms with Crippen molar-refractivity contribution in [3.63, 3.8) is 0 Å². The maximum absolute atomic E-state index is 11.7. The molecule has 0 saturated heterocycles. The highest BCUT2D eigenvalue weighted by atomic mass is 16.5. The van der Waals surface area contributed by atoms with Crippen LogP contribution in [0.1, 0.15) is 16.1 Å². The lowest BCUT2D eigenvalue weighted by Gasteiger charge is -2.09. The zero-order valence-electron chi connectivity index (χ0n) is 12.9. The monoisotopic (exact) mass is 315 g/mol. The average Bonchev–Trinajstić information content (AvgIpc) is 3.11. The number of carbonyl (C=O) groups is 2. The third-order valence-corrected chi connectivity index (χ3v) is 3.08. The van der Waals surface area contributed by atoms with Crippen LogP contribution < -0.4 is 9.47 Å². The molecule has 0 radical (unpaired) electrons.